The number of hydrogen-bond acceptors (Lipinski definition) is 7. The number of nitrogens with two attached hydrogens (primary N) is 1. The maximum Gasteiger partial charge on any atom is 0.254 e. The molecule has 0 radical (unpaired) electrons. The number of benzene rings is 1. The molecular weight excluding hydrogens is 454 g/mol. The Kier molecular flexibility index (Phi) is 5.66. The molecule has 0 saturated carbocycles. The Balaban J connectivity index is 1.66. The average molecular weight is 477 g/mol. The largest absolute Gasteiger partial charge is 0.347 e. The van der Waals surface area contributed by atoms with Gasteiger partial charge >= 0.3 is 0 Å². The number of carbonyl (C=O) groups excluding carboxylic acids is 1. The van der Waals surface area contributed by atoms with Crippen molar-refractivity contribution < 1.29 is 22.0 Å². The summed E-state index contributed by atoms with van der Waals surface area (Å²) in [6.07, 6.45) is 6.02. The fourth-order valence-corrected chi connectivity index (χ4v) is 4.59. The van der Waals surface area contributed by atoms with Crippen LogP contribution in [-0.4, -0.2) is 44.4 Å². The number of aromatic nitrogens is 2. The molecule has 174 valence electrons. The minimum Gasteiger partial charge on any atom is -0.347 e. The number of nitrogens with zero attached hydrogens (tertiary/aromatic N) is 4. The summed E-state index contributed by atoms with van der Waals surface area (Å²) in [6.45, 7) is 1.81. The zero-order chi connectivity index (χ0) is 24.1. The van der Waals surface area contributed by atoms with Crippen molar-refractivity contribution in [3.63, 3.8) is 0 Å². The number of allylic oxidation sites excluding steroid dienone is 1. The first-order valence-corrected chi connectivity index (χ1v) is 11.5. The number of amides is 1. The van der Waals surface area contributed by atoms with Crippen molar-refractivity contribution in [3.8, 4) is 0 Å². The summed E-state index contributed by atoms with van der Waals surface area (Å²) >= 11 is 0. The number of sulfonamides is 1. The van der Waals surface area contributed by atoms with Crippen molar-refractivity contribution in [3.05, 3.63) is 64.7 Å². The fraction of sp³-hybridized carbons (Fsp3) is 0.286. The summed E-state index contributed by atoms with van der Waals surface area (Å²) in [7, 11) is -0.798. The maximum absolute atomic E-state index is 14.5. The van der Waals surface area contributed by atoms with E-state index in [1.807, 2.05) is 0 Å². The predicted octanol–water partition coefficient (Wildman–Crippen LogP) is 2.07. The van der Waals surface area contributed by atoms with E-state index in [-0.39, 0.29) is 28.4 Å². The Morgan fingerprint density at radius 1 is 1.18 bits per heavy atom. The molecule has 2 aliphatic rings. The van der Waals surface area contributed by atoms with E-state index in [4.69, 9.17) is 5.14 Å². The van der Waals surface area contributed by atoms with E-state index >= 15 is 0 Å². The fourth-order valence-electron chi connectivity index (χ4n) is 3.92. The molecule has 1 aromatic heterocycles. The number of halogens is 2. The van der Waals surface area contributed by atoms with Crippen LogP contribution in [0.2, 0.25) is 0 Å². The molecule has 2 unspecified atom stereocenters. The third kappa shape index (κ3) is 4.07. The molecule has 0 bridgehead atoms. The van der Waals surface area contributed by atoms with E-state index in [1.54, 1.807) is 13.0 Å². The van der Waals surface area contributed by atoms with Crippen molar-refractivity contribution in [1.82, 2.24) is 9.97 Å². The van der Waals surface area contributed by atoms with Crippen molar-refractivity contribution >= 4 is 33.4 Å². The monoisotopic (exact) mass is 476 g/mol. The van der Waals surface area contributed by atoms with Crippen LogP contribution >= 0.6 is 0 Å². The second-order valence-electron chi connectivity index (χ2n) is 7.95. The lowest BCUT2D eigenvalue weighted by Crippen LogP contribution is -2.46. The average Bonchev–Trinajstić information content (AvgIpc) is 2.75. The van der Waals surface area contributed by atoms with Crippen LogP contribution in [0.3, 0.4) is 0 Å². The second-order valence-corrected chi connectivity index (χ2v) is 9.51. The maximum atomic E-state index is 14.5. The van der Waals surface area contributed by atoms with Gasteiger partial charge in [0, 0.05) is 14.1 Å². The number of primary sulfonamides is 1. The summed E-state index contributed by atoms with van der Waals surface area (Å²) in [6, 6.07) is 1.85. The number of carbonyl (C=O) groups is 1. The first kappa shape index (κ1) is 22.8. The lowest BCUT2D eigenvalue weighted by molar-refractivity contribution is -0.120. The van der Waals surface area contributed by atoms with Gasteiger partial charge in [0.25, 0.3) is 5.91 Å². The van der Waals surface area contributed by atoms with Crippen molar-refractivity contribution in [2.75, 3.05) is 29.2 Å². The Bertz CT molecular complexity index is 1280. The first-order valence-electron chi connectivity index (χ1n) is 9.99. The van der Waals surface area contributed by atoms with Gasteiger partial charge in [-0.25, -0.2) is 27.3 Å². The molecule has 4 rings (SSSR count). The van der Waals surface area contributed by atoms with E-state index in [0.717, 1.165) is 12.1 Å². The summed E-state index contributed by atoms with van der Waals surface area (Å²) < 4.78 is 52.1. The van der Waals surface area contributed by atoms with Gasteiger partial charge in [0.2, 0.25) is 16.0 Å². The van der Waals surface area contributed by atoms with Gasteiger partial charge in [-0.3, -0.25) is 4.79 Å². The number of anilines is 3. The third-order valence-electron chi connectivity index (χ3n) is 5.76. The lowest BCUT2D eigenvalue weighted by atomic mass is 9.97. The van der Waals surface area contributed by atoms with Crippen LogP contribution in [0.25, 0.3) is 0 Å². The Morgan fingerprint density at radius 2 is 1.85 bits per heavy atom. The summed E-state index contributed by atoms with van der Waals surface area (Å²) in [5.41, 5.74) is 0.0183. The number of hydrogen-bond donors (Lipinski definition) is 2. The van der Waals surface area contributed by atoms with Crippen LogP contribution in [0.1, 0.15) is 18.5 Å². The zero-order valence-electron chi connectivity index (χ0n) is 18.0. The van der Waals surface area contributed by atoms with E-state index in [2.05, 4.69) is 15.3 Å². The quantitative estimate of drug-likeness (QED) is 0.693. The summed E-state index contributed by atoms with van der Waals surface area (Å²) in [5.74, 6) is -1.93. The Labute approximate surface area is 189 Å². The van der Waals surface area contributed by atoms with Gasteiger partial charge in [-0.15, -0.1) is 0 Å². The molecule has 3 atom stereocenters. The van der Waals surface area contributed by atoms with E-state index < -0.39 is 33.6 Å². The second kappa shape index (κ2) is 8.19. The van der Waals surface area contributed by atoms with Gasteiger partial charge in [-0.05, 0) is 24.1 Å². The predicted molar refractivity (Wildman–Crippen MR) is 120 cm³/mol. The van der Waals surface area contributed by atoms with Gasteiger partial charge in [0.15, 0.2) is 5.82 Å². The van der Waals surface area contributed by atoms with E-state index in [9.17, 15) is 22.0 Å². The number of rotatable bonds is 4. The van der Waals surface area contributed by atoms with Gasteiger partial charge in [-0.2, -0.15) is 4.98 Å². The first-order chi connectivity index (χ1) is 15.5. The molecule has 0 spiro atoms. The number of likely N-dealkylation sites (N-methyl/N-ethyl adjacent to an activating group) is 2. The van der Waals surface area contributed by atoms with Crippen molar-refractivity contribution in [2.45, 2.75) is 19.0 Å². The van der Waals surface area contributed by atoms with Crippen LogP contribution < -0.4 is 20.3 Å². The molecule has 1 aromatic carbocycles. The highest BCUT2D eigenvalue weighted by Gasteiger charge is 2.40. The molecule has 9 nitrogen and oxygen atoms in total. The van der Waals surface area contributed by atoms with Gasteiger partial charge < -0.3 is 15.1 Å². The number of fused-ring (bicyclic) bond motifs is 1. The minimum atomic E-state index is -3.82. The van der Waals surface area contributed by atoms with Crippen molar-refractivity contribution in [1.29, 1.82) is 0 Å². The van der Waals surface area contributed by atoms with E-state index in [0.29, 0.717) is 11.5 Å². The standard InChI is InChI=1S/C21H22F2N6O3S/c1-11-9-12(33(24,31)32)7-8-15(11)26-21-25-10-16-19(27-21)29(3)18(20(30)28(16)2)17-13(22)5-4-6-14(17)23/h4-11,15,18H,1-3H3,(H2,24,31,32)(H,25,26,27)/t11?,15?,18-/m0/s1. The Morgan fingerprint density at radius 3 is 2.45 bits per heavy atom. The molecule has 2 heterocycles. The molecule has 1 amide bonds. The molecular formula is C21H22F2N6O3S. The van der Waals surface area contributed by atoms with Gasteiger partial charge in [0.1, 0.15) is 23.4 Å². The molecule has 2 aromatic rings. The topological polar surface area (TPSA) is 122 Å². The molecule has 1 aliphatic heterocycles. The SMILES string of the molecule is CC1C=C(S(N)(=O)=O)C=CC1Nc1ncc2c(n1)N(C)[C@@H](c1c(F)cccc1F)C(=O)N2C. The van der Waals surface area contributed by atoms with Crippen LogP contribution in [0.4, 0.5) is 26.2 Å². The molecule has 0 saturated heterocycles. The van der Waals surface area contributed by atoms with Crippen molar-refractivity contribution in [2.24, 2.45) is 11.1 Å². The van der Waals surface area contributed by atoms with E-state index in [1.165, 1.54) is 48.3 Å². The molecule has 3 N–H and O–H groups in total. The normalized spacial score (nSPS) is 22.8. The third-order valence-corrected chi connectivity index (χ3v) is 6.69. The van der Waals surface area contributed by atoms with Crippen LogP contribution in [0.15, 0.2) is 47.5 Å². The van der Waals surface area contributed by atoms with Gasteiger partial charge in [0.05, 0.1) is 22.7 Å². The van der Waals surface area contributed by atoms with Gasteiger partial charge in [-0.1, -0.05) is 25.1 Å². The molecule has 0 fully saturated rings. The molecule has 12 heteroatoms. The highest BCUT2D eigenvalue weighted by Crippen LogP contribution is 2.40. The summed E-state index contributed by atoms with van der Waals surface area (Å²) in [5, 5.41) is 8.29. The van der Waals surface area contributed by atoms with Crippen LogP contribution in [0, 0.1) is 17.6 Å². The highest BCUT2D eigenvalue weighted by molar-refractivity contribution is 7.93. The van der Waals surface area contributed by atoms with Crippen LogP contribution in [-0.2, 0) is 14.8 Å². The molecule has 33 heavy (non-hydrogen) atoms. The summed E-state index contributed by atoms with van der Waals surface area (Å²) in [4.78, 5) is 24.4. The number of nitrogens with one attached hydrogen (secondary N) is 1. The van der Waals surface area contributed by atoms with Crippen LogP contribution in [0.5, 0.6) is 0 Å². The smallest absolute Gasteiger partial charge is 0.254 e. The lowest BCUT2D eigenvalue weighted by Gasteiger charge is -2.38. The highest BCUT2D eigenvalue weighted by atomic mass is 32.2. The Hall–Kier alpha value is -3.38. The molecule has 1 aliphatic carbocycles. The minimum absolute atomic E-state index is 0.0223. The zero-order valence-corrected chi connectivity index (χ0v) is 18.8.